The Labute approximate surface area is 154 Å². The number of likely N-dealkylation sites (tertiary alicyclic amines) is 1. The minimum atomic E-state index is -3.42. The summed E-state index contributed by atoms with van der Waals surface area (Å²) in [5.41, 5.74) is 0.989. The molecule has 0 aliphatic carbocycles. The van der Waals surface area contributed by atoms with Crippen molar-refractivity contribution in [1.82, 2.24) is 9.21 Å². The highest BCUT2D eigenvalue weighted by molar-refractivity contribution is 7.89. The summed E-state index contributed by atoms with van der Waals surface area (Å²) < 4.78 is 40.7. The Morgan fingerprint density at radius 1 is 0.962 bits per heavy atom. The Morgan fingerprint density at radius 2 is 1.73 bits per heavy atom. The lowest BCUT2D eigenvalue weighted by atomic mass is 9.86. The van der Waals surface area contributed by atoms with Crippen molar-refractivity contribution in [2.24, 2.45) is 5.41 Å². The van der Waals surface area contributed by atoms with Crippen molar-refractivity contribution in [3.05, 3.63) is 66.0 Å². The molecule has 0 radical (unpaired) electrons. The number of sulfonamides is 1. The van der Waals surface area contributed by atoms with E-state index in [-0.39, 0.29) is 11.2 Å². The molecule has 0 aromatic heterocycles. The van der Waals surface area contributed by atoms with Gasteiger partial charge in [0.05, 0.1) is 4.90 Å². The van der Waals surface area contributed by atoms with Gasteiger partial charge in [0.25, 0.3) is 0 Å². The third-order valence-corrected chi connectivity index (χ3v) is 7.46. The standard InChI is InChI=1S/C20H23FN2O2S/c21-18-6-4-5-17(13-18)14-22-11-9-20(15-22)10-12-23(16-20)26(24,25)19-7-2-1-3-8-19/h1-8,13H,9-12,14-16H2. The van der Waals surface area contributed by atoms with Crippen LogP contribution in [0.2, 0.25) is 0 Å². The Hall–Kier alpha value is -1.76. The quantitative estimate of drug-likeness (QED) is 0.826. The fourth-order valence-electron chi connectivity index (χ4n) is 4.23. The van der Waals surface area contributed by atoms with Crippen molar-refractivity contribution in [3.8, 4) is 0 Å². The van der Waals surface area contributed by atoms with Gasteiger partial charge in [-0.1, -0.05) is 30.3 Å². The number of hydrogen-bond acceptors (Lipinski definition) is 3. The molecule has 0 saturated carbocycles. The van der Waals surface area contributed by atoms with E-state index < -0.39 is 10.0 Å². The van der Waals surface area contributed by atoms with Gasteiger partial charge in [-0.25, -0.2) is 12.8 Å². The molecule has 2 fully saturated rings. The van der Waals surface area contributed by atoms with Crippen LogP contribution in [0.3, 0.4) is 0 Å². The molecule has 6 heteroatoms. The van der Waals surface area contributed by atoms with Crippen LogP contribution in [-0.4, -0.2) is 43.8 Å². The zero-order valence-electron chi connectivity index (χ0n) is 14.6. The second-order valence-electron chi connectivity index (χ2n) is 7.49. The van der Waals surface area contributed by atoms with Crippen molar-refractivity contribution in [1.29, 1.82) is 0 Å². The molecule has 138 valence electrons. The van der Waals surface area contributed by atoms with Crippen molar-refractivity contribution in [2.75, 3.05) is 26.2 Å². The van der Waals surface area contributed by atoms with Gasteiger partial charge in [0, 0.05) is 26.2 Å². The average molecular weight is 374 g/mol. The van der Waals surface area contributed by atoms with Crippen LogP contribution in [-0.2, 0) is 16.6 Å². The van der Waals surface area contributed by atoms with Gasteiger partial charge in [-0.2, -0.15) is 4.31 Å². The molecule has 2 aliphatic heterocycles. The van der Waals surface area contributed by atoms with Crippen molar-refractivity contribution in [2.45, 2.75) is 24.3 Å². The summed E-state index contributed by atoms with van der Waals surface area (Å²) in [5.74, 6) is -0.211. The fourth-order valence-corrected chi connectivity index (χ4v) is 5.80. The molecule has 0 amide bonds. The lowest BCUT2D eigenvalue weighted by Crippen LogP contribution is -2.34. The topological polar surface area (TPSA) is 40.6 Å². The SMILES string of the molecule is O=S(=O)(c1ccccc1)N1CCC2(CCN(Cc3cccc(F)c3)C2)C1. The maximum Gasteiger partial charge on any atom is 0.243 e. The zero-order valence-corrected chi connectivity index (χ0v) is 15.5. The molecule has 0 N–H and O–H groups in total. The minimum absolute atomic E-state index is 0.0230. The van der Waals surface area contributed by atoms with Crippen LogP contribution in [0.25, 0.3) is 0 Å². The first-order chi connectivity index (χ1) is 12.5. The molecule has 2 heterocycles. The van der Waals surface area contributed by atoms with E-state index >= 15 is 0 Å². The first-order valence-corrected chi connectivity index (χ1v) is 10.4. The highest BCUT2D eigenvalue weighted by atomic mass is 32.2. The highest BCUT2D eigenvalue weighted by Crippen LogP contribution is 2.41. The summed E-state index contributed by atoms with van der Waals surface area (Å²) in [7, 11) is -3.42. The lowest BCUT2D eigenvalue weighted by Gasteiger charge is -2.25. The Bertz CT molecular complexity index is 888. The summed E-state index contributed by atoms with van der Waals surface area (Å²) in [6.45, 7) is 3.65. The van der Waals surface area contributed by atoms with Gasteiger partial charge < -0.3 is 0 Å². The van der Waals surface area contributed by atoms with Gasteiger partial charge in [0.1, 0.15) is 5.82 Å². The summed E-state index contributed by atoms with van der Waals surface area (Å²) in [5, 5.41) is 0. The molecule has 1 atom stereocenters. The van der Waals surface area contributed by atoms with Gasteiger partial charge in [-0.05, 0) is 54.6 Å². The van der Waals surface area contributed by atoms with Gasteiger partial charge in [0.2, 0.25) is 10.0 Å². The molecule has 26 heavy (non-hydrogen) atoms. The maximum atomic E-state index is 13.4. The van der Waals surface area contributed by atoms with E-state index in [0.717, 1.165) is 31.5 Å². The van der Waals surface area contributed by atoms with Crippen LogP contribution >= 0.6 is 0 Å². The van der Waals surface area contributed by atoms with E-state index in [9.17, 15) is 12.8 Å². The van der Waals surface area contributed by atoms with Crippen molar-refractivity contribution >= 4 is 10.0 Å². The monoisotopic (exact) mass is 374 g/mol. The summed E-state index contributed by atoms with van der Waals surface area (Å²) >= 11 is 0. The number of rotatable bonds is 4. The number of halogens is 1. The normalized spacial score (nSPS) is 24.5. The van der Waals surface area contributed by atoms with Crippen LogP contribution in [0.15, 0.2) is 59.5 Å². The molecule has 1 spiro atoms. The molecular weight excluding hydrogens is 351 g/mol. The van der Waals surface area contributed by atoms with Crippen molar-refractivity contribution in [3.63, 3.8) is 0 Å². The Morgan fingerprint density at radius 3 is 2.50 bits per heavy atom. The second kappa shape index (κ2) is 6.76. The highest BCUT2D eigenvalue weighted by Gasteiger charge is 2.46. The van der Waals surface area contributed by atoms with Gasteiger partial charge in [-0.3, -0.25) is 4.90 Å². The molecule has 4 nitrogen and oxygen atoms in total. The first kappa shape index (κ1) is 17.6. The first-order valence-electron chi connectivity index (χ1n) is 8.99. The molecule has 2 aromatic carbocycles. The lowest BCUT2D eigenvalue weighted by molar-refractivity contribution is 0.260. The van der Waals surface area contributed by atoms with E-state index in [2.05, 4.69) is 4.90 Å². The summed E-state index contributed by atoms with van der Waals surface area (Å²) in [6, 6.07) is 15.4. The molecule has 2 saturated heterocycles. The van der Waals surface area contributed by atoms with E-state index in [4.69, 9.17) is 0 Å². The molecule has 4 rings (SSSR count). The zero-order chi connectivity index (χ0) is 18.2. The predicted octanol–water partition coefficient (Wildman–Crippen LogP) is 3.11. The molecule has 0 bridgehead atoms. The van der Waals surface area contributed by atoms with E-state index in [1.807, 2.05) is 12.1 Å². The second-order valence-corrected chi connectivity index (χ2v) is 9.43. The number of benzene rings is 2. The predicted molar refractivity (Wildman–Crippen MR) is 98.5 cm³/mol. The third-order valence-electron chi connectivity index (χ3n) is 5.60. The summed E-state index contributed by atoms with van der Waals surface area (Å²) in [6.07, 6.45) is 1.88. The van der Waals surface area contributed by atoms with Gasteiger partial charge in [0.15, 0.2) is 0 Å². The Balaban J connectivity index is 1.44. The average Bonchev–Trinajstić information content (AvgIpc) is 3.23. The van der Waals surface area contributed by atoms with Crippen molar-refractivity contribution < 1.29 is 12.8 Å². The van der Waals surface area contributed by atoms with Gasteiger partial charge in [-0.15, -0.1) is 0 Å². The fraction of sp³-hybridized carbons (Fsp3) is 0.400. The van der Waals surface area contributed by atoms with E-state index in [1.165, 1.54) is 6.07 Å². The van der Waals surface area contributed by atoms with Gasteiger partial charge >= 0.3 is 0 Å². The molecule has 2 aromatic rings. The van der Waals surface area contributed by atoms with Crippen LogP contribution in [0.4, 0.5) is 4.39 Å². The maximum absolute atomic E-state index is 13.4. The molecular formula is C20H23FN2O2S. The van der Waals surface area contributed by atoms with E-state index in [0.29, 0.717) is 24.5 Å². The van der Waals surface area contributed by atoms with E-state index in [1.54, 1.807) is 40.7 Å². The van der Waals surface area contributed by atoms with Crippen LogP contribution < -0.4 is 0 Å². The molecule has 2 aliphatic rings. The minimum Gasteiger partial charge on any atom is -0.298 e. The number of hydrogen-bond donors (Lipinski definition) is 0. The molecule has 1 unspecified atom stereocenters. The largest absolute Gasteiger partial charge is 0.298 e. The Kier molecular flexibility index (Phi) is 4.59. The van der Waals surface area contributed by atoms with Crippen LogP contribution in [0.5, 0.6) is 0 Å². The third kappa shape index (κ3) is 3.41. The van der Waals surface area contributed by atoms with Crippen LogP contribution in [0, 0.1) is 11.2 Å². The van der Waals surface area contributed by atoms with Crippen LogP contribution in [0.1, 0.15) is 18.4 Å². The smallest absolute Gasteiger partial charge is 0.243 e. The number of nitrogens with zero attached hydrogens (tertiary/aromatic N) is 2. The summed E-state index contributed by atoms with van der Waals surface area (Å²) in [4.78, 5) is 2.68.